The maximum absolute atomic E-state index is 11.9. The molecular weight excluding hydrogens is 279 g/mol. The Morgan fingerprint density at radius 3 is 2.29 bits per heavy atom. The SMILES string of the molecule is CC(C)(C)C(=O)C(Cl)Cc1ccc(Cl)c(Cl)c1. The third-order valence-electron chi connectivity index (χ3n) is 2.42. The topological polar surface area (TPSA) is 17.1 Å². The van der Waals surface area contributed by atoms with Crippen molar-refractivity contribution in [3.63, 3.8) is 0 Å². The van der Waals surface area contributed by atoms with E-state index in [0.29, 0.717) is 16.5 Å². The Balaban J connectivity index is 2.78. The zero-order chi connectivity index (χ0) is 13.2. The lowest BCUT2D eigenvalue weighted by Gasteiger charge is -2.20. The van der Waals surface area contributed by atoms with Gasteiger partial charge in [0.15, 0.2) is 5.78 Å². The second-order valence-electron chi connectivity index (χ2n) is 5.03. The third-order valence-corrected chi connectivity index (χ3v) is 3.51. The number of alkyl halides is 1. The second kappa shape index (κ2) is 5.60. The number of benzene rings is 1. The van der Waals surface area contributed by atoms with Crippen LogP contribution in [0.4, 0.5) is 0 Å². The van der Waals surface area contributed by atoms with E-state index in [1.54, 1.807) is 12.1 Å². The number of ketones is 1. The fraction of sp³-hybridized carbons (Fsp3) is 0.462. The largest absolute Gasteiger partial charge is 0.297 e. The van der Waals surface area contributed by atoms with Crippen LogP contribution >= 0.6 is 34.8 Å². The van der Waals surface area contributed by atoms with Gasteiger partial charge in [-0.2, -0.15) is 0 Å². The summed E-state index contributed by atoms with van der Waals surface area (Å²) in [4.78, 5) is 11.9. The normalized spacial score (nSPS) is 13.5. The molecule has 0 aliphatic rings. The highest BCUT2D eigenvalue weighted by Gasteiger charge is 2.28. The van der Waals surface area contributed by atoms with Crippen molar-refractivity contribution in [1.82, 2.24) is 0 Å². The van der Waals surface area contributed by atoms with Gasteiger partial charge < -0.3 is 0 Å². The van der Waals surface area contributed by atoms with Crippen LogP contribution in [0.1, 0.15) is 26.3 Å². The maximum atomic E-state index is 11.9. The van der Waals surface area contributed by atoms with E-state index in [4.69, 9.17) is 34.8 Å². The predicted octanol–water partition coefficient (Wildman–Crippen LogP) is 4.76. The summed E-state index contributed by atoms with van der Waals surface area (Å²) in [6.07, 6.45) is 0.467. The van der Waals surface area contributed by atoms with Crippen LogP contribution in [0.15, 0.2) is 18.2 Å². The van der Waals surface area contributed by atoms with Gasteiger partial charge in [-0.05, 0) is 24.1 Å². The van der Waals surface area contributed by atoms with Crippen molar-refractivity contribution in [1.29, 1.82) is 0 Å². The molecule has 0 saturated heterocycles. The summed E-state index contributed by atoms with van der Waals surface area (Å²) in [7, 11) is 0. The Labute approximate surface area is 117 Å². The van der Waals surface area contributed by atoms with Crippen LogP contribution < -0.4 is 0 Å². The average molecular weight is 294 g/mol. The monoisotopic (exact) mass is 292 g/mol. The molecule has 0 amide bonds. The number of hydrogen-bond acceptors (Lipinski definition) is 1. The van der Waals surface area contributed by atoms with Gasteiger partial charge in [-0.1, -0.05) is 50.0 Å². The molecule has 0 bridgehead atoms. The summed E-state index contributed by atoms with van der Waals surface area (Å²) in [6.45, 7) is 5.58. The van der Waals surface area contributed by atoms with E-state index >= 15 is 0 Å². The molecule has 1 unspecified atom stereocenters. The molecule has 1 rings (SSSR count). The number of carbonyl (C=O) groups is 1. The highest BCUT2D eigenvalue weighted by Crippen LogP contribution is 2.26. The summed E-state index contributed by atoms with van der Waals surface area (Å²) in [5, 5.41) is 0.451. The smallest absolute Gasteiger partial charge is 0.156 e. The Morgan fingerprint density at radius 1 is 1.24 bits per heavy atom. The maximum Gasteiger partial charge on any atom is 0.156 e. The number of halogens is 3. The minimum Gasteiger partial charge on any atom is -0.297 e. The molecular formula is C13H15Cl3O. The molecule has 0 spiro atoms. The highest BCUT2D eigenvalue weighted by atomic mass is 35.5. The van der Waals surface area contributed by atoms with E-state index in [-0.39, 0.29) is 5.78 Å². The van der Waals surface area contributed by atoms with Crippen molar-refractivity contribution >= 4 is 40.6 Å². The van der Waals surface area contributed by atoms with Crippen LogP contribution in [0.5, 0.6) is 0 Å². The van der Waals surface area contributed by atoms with Crippen LogP contribution in [0.2, 0.25) is 10.0 Å². The standard InChI is InChI=1S/C13H15Cl3O/c1-13(2,3)12(17)11(16)7-8-4-5-9(14)10(15)6-8/h4-6,11H,7H2,1-3H3. The van der Waals surface area contributed by atoms with E-state index in [9.17, 15) is 4.79 Å². The summed E-state index contributed by atoms with van der Waals surface area (Å²) < 4.78 is 0. The molecule has 1 atom stereocenters. The summed E-state index contributed by atoms with van der Waals surface area (Å²) >= 11 is 17.8. The minimum absolute atomic E-state index is 0.0326. The molecule has 1 aromatic rings. The van der Waals surface area contributed by atoms with Crippen molar-refractivity contribution < 1.29 is 4.79 Å². The molecule has 1 aromatic carbocycles. The molecule has 0 N–H and O–H groups in total. The molecule has 0 fully saturated rings. The summed E-state index contributed by atoms with van der Waals surface area (Å²) in [5.41, 5.74) is 0.486. The second-order valence-corrected chi connectivity index (χ2v) is 6.38. The fourth-order valence-electron chi connectivity index (χ4n) is 1.44. The molecule has 1 nitrogen and oxygen atoms in total. The van der Waals surface area contributed by atoms with Gasteiger partial charge in [0, 0.05) is 5.41 Å². The zero-order valence-electron chi connectivity index (χ0n) is 10.1. The Kier molecular flexibility index (Phi) is 4.88. The van der Waals surface area contributed by atoms with Crippen LogP contribution in [-0.4, -0.2) is 11.2 Å². The average Bonchev–Trinajstić information content (AvgIpc) is 2.21. The van der Waals surface area contributed by atoms with Crippen LogP contribution in [-0.2, 0) is 11.2 Å². The van der Waals surface area contributed by atoms with Crippen LogP contribution in [0, 0.1) is 5.41 Å². The summed E-state index contributed by atoms with van der Waals surface area (Å²) in [5.74, 6) is 0.0326. The van der Waals surface area contributed by atoms with Crippen molar-refractivity contribution in [2.24, 2.45) is 5.41 Å². The minimum atomic E-state index is -0.535. The number of rotatable bonds is 3. The Morgan fingerprint density at radius 2 is 1.82 bits per heavy atom. The molecule has 0 aliphatic carbocycles. The first-order valence-electron chi connectivity index (χ1n) is 5.34. The predicted molar refractivity (Wildman–Crippen MR) is 74.3 cm³/mol. The third kappa shape index (κ3) is 4.17. The van der Waals surface area contributed by atoms with Gasteiger partial charge in [0.2, 0.25) is 0 Å². The molecule has 0 aliphatic heterocycles. The Bertz CT molecular complexity index is 421. The lowest BCUT2D eigenvalue weighted by molar-refractivity contribution is -0.125. The van der Waals surface area contributed by atoms with Crippen molar-refractivity contribution in [3.05, 3.63) is 33.8 Å². The lowest BCUT2D eigenvalue weighted by Crippen LogP contribution is -2.30. The fourth-order valence-corrected chi connectivity index (χ4v) is 2.26. The number of hydrogen-bond donors (Lipinski definition) is 0. The van der Waals surface area contributed by atoms with Gasteiger partial charge in [0.25, 0.3) is 0 Å². The Hall–Kier alpha value is -0.240. The molecule has 0 aromatic heterocycles. The zero-order valence-corrected chi connectivity index (χ0v) is 12.3. The van der Waals surface area contributed by atoms with Crippen LogP contribution in [0.25, 0.3) is 0 Å². The van der Waals surface area contributed by atoms with Crippen LogP contribution in [0.3, 0.4) is 0 Å². The molecule has 4 heteroatoms. The van der Waals surface area contributed by atoms with E-state index < -0.39 is 10.8 Å². The van der Waals surface area contributed by atoms with Gasteiger partial charge in [-0.25, -0.2) is 0 Å². The molecule has 0 heterocycles. The molecule has 94 valence electrons. The number of Topliss-reactive ketones (excluding diaryl/α,β-unsaturated/α-hetero) is 1. The summed E-state index contributed by atoms with van der Waals surface area (Å²) in [6, 6.07) is 5.29. The van der Waals surface area contributed by atoms with Crippen molar-refractivity contribution in [2.45, 2.75) is 32.6 Å². The van der Waals surface area contributed by atoms with Crippen molar-refractivity contribution in [2.75, 3.05) is 0 Å². The van der Waals surface area contributed by atoms with Gasteiger partial charge in [0.1, 0.15) is 0 Å². The molecule has 17 heavy (non-hydrogen) atoms. The first-order chi connectivity index (χ1) is 7.71. The van der Waals surface area contributed by atoms with E-state index in [1.807, 2.05) is 26.8 Å². The van der Waals surface area contributed by atoms with Gasteiger partial charge in [-0.15, -0.1) is 11.6 Å². The first kappa shape index (κ1) is 14.8. The van der Waals surface area contributed by atoms with E-state index in [2.05, 4.69) is 0 Å². The lowest BCUT2D eigenvalue weighted by atomic mass is 9.87. The van der Waals surface area contributed by atoms with Gasteiger partial charge in [-0.3, -0.25) is 4.79 Å². The van der Waals surface area contributed by atoms with Crippen molar-refractivity contribution in [3.8, 4) is 0 Å². The highest BCUT2D eigenvalue weighted by molar-refractivity contribution is 6.42. The first-order valence-corrected chi connectivity index (χ1v) is 6.53. The molecule has 0 saturated carbocycles. The van der Waals surface area contributed by atoms with E-state index in [0.717, 1.165) is 5.56 Å². The number of carbonyl (C=O) groups excluding carboxylic acids is 1. The van der Waals surface area contributed by atoms with Gasteiger partial charge in [0.05, 0.1) is 15.4 Å². The van der Waals surface area contributed by atoms with E-state index in [1.165, 1.54) is 0 Å². The van der Waals surface area contributed by atoms with Gasteiger partial charge >= 0.3 is 0 Å². The molecule has 0 radical (unpaired) electrons. The quantitative estimate of drug-likeness (QED) is 0.734.